The van der Waals surface area contributed by atoms with E-state index in [0.29, 0.717) is 11.8 Å². The van der Waals surface area contributed by atoms with Crippen molar-refractivity contribution in [1.29, 1.82) is 0 Å². The summed E-state index contributed by atoms with van der Waals surface area (Å²) in [7, 11) is 1.55. The van der Waals surface area contributed by atoms with E-state index in [0.717, 1.165) is 17.7 Å². The van der Waals surface area contributed by atoms with Crippen LogP contribution in [-0.2, 0) is 4.79 Å². The molecule has 0 spiro atoms. The summed E-state index contributed by atoms with van der Waals surface area (Å²) in [6, 6.07) is 9.90. The molecule has 0 fully saturated rings. The van der Waals surface area contributed by atoms with Gasteiger partial charge in [-0.25, -0.2) is 8.78 Å². The molecule has 0 heterocycles. The average molecular weight is 321 g/mol. The second kappa shape index (κ2) is 7.58. The molecule has 0 aliphatic carbocycles. The molecule has 0 radical (unpaired) electrons. The third-order valence-corrected chi connectivity index (χ3v) is 3.24. The first-order valence-corrected chi connectivity index (χ1v) is 7.01. The highest BCUT2D eigenvalue weighted by Crippen LogP contribution is 2.24. The molecule has 2 rings (SSSR count). The van der Waals surface area contributed by atoms with E-state index in [1.54, 1.807) is 20.1 Å². The Bertz CT molecular complexity index is 691. The second-order valence-electron chi connectivity index (χ2n) is 4.89. The number of carbonyl (C=O) groups is 1. The molecule has 0 aliphatic heterocycles. The summed E-state index contributed by atoms with van der Waals surface area (Å²) in [5, 5.41) is 2.73. The maximum absolute atomic E-state index is 13.4. The van der Waals surface area contributed by atoms with E-state index >= 15 is 0 Å². The van der Waals surface area contributed by atoms with Crippen LogP contribution in [0.5, 0.6) is 11.5 Å². The fourth-order valence-corrected chi connectivity index (χ4v) is 2.12. The monoisotopic (exact) mass is 321 g/mol. The van der Waals surface area contributed by atoms with E-state index in [4.69, 9.17) is 9.47 Å². The van der Waals surface area contributed by atoms with Gasteiger partial charge in [-0.15, -0.1) is 0 Å². The van der Waals surface area contributed by atoms with Gasteiger partial charge >= 0.3 is 0 Å². The van der Waals surface area contributed by atoms with E-state index < -0.39 is 17.5 Å². The summed E-state index contributed by atoms with van der Waals surface area (Å²) in [5.74, 6) is -1.50. The molecular formula is C17H17F2NO3. The number of nitrogens with one attached hydrogen (secondary N) is 1. The van der Waals surface area contributed by atoms with Crippen molar-refractivity contribution < 1.29 is 23.0 Å². The number of methoxy groups -OCH3 is 1. The lowest BCUT2D eigenvalue weighted by Gasteiger charge is -2.17. The zero-order valence-electron chi connectivity index (χ0n) is 12.8. The van der Waals surface area contributed by atoms with Crippen LogP contribution in [0.25, 0.3) is 0 Å². The molecule has 2 aromatic rings. The smallest absolute Gasteiger partial charge is 0.258 e. The minimum Gasteiger partial charge on any atom is -0.496 e. The highest BCUT2D eigenvalue weighted by atomic mass is 19.1. The number of carbonyl (C=O) groups excluding carboxylic acids is 1. The van der Waals surface area contributed by atoms with Crippen LogP contribution in [0.1, 0.15) is 18.5 Å². The summed E-state index contributed by atoms with van der Waals surface area (Å²) < 4.78 is 36.5. The normalized spacial score (nSPS) is 11.7. The van der Waals surface area contributed by atoms with Crippen molar-refractivity contribution >= 4 is 5.91 Å². The first-order chi connectivity index (χ1) is 11.0. The SMILES string of the molecule is COc1ccccc1C(C)NC(=O)COc1ccc(F)cc1F. The van der Waals surface area contributed by atoms with Gasteiger partial charge in [-0.1, -0.05) is 18.2 Å². The van der Waals surface area contributed by atoms with E-state index in [1.807, 2.05) is 18.2 Å². The highest BCUT2D eigenvalue weighted by Gasteiger charge is 2.14. The van der Waals surface area contributed by atoms with E-state index in [1.165, 1.54) is 0 Å². The van der Waals surface area contributed by atoms with Gasteiger partial charge < -0.3 is 14.8 Å². The van der Waals surface area contributed by atoms with Crippen molar-refractivity contribution in [2.45, 2.75) is 13.0 Å². The van der Waals surface area contributed by atoms with E-state index in [-0.39, 0.29) is 18.4 Å². The number of ether oxygens (including phenoxy) is 2. The molecule has 23 heavy (non-hydrogen) atoms. The number of rotatable bonds is 6. The van der Waals surface area contributed by atoms with Gasteiger partial charge in [0.15, 0.2) is 18.2 Å². The summed E-state index contributed by atoms with van der Waals surface area (Å²) in [4.78, 5) is 11.9. The van der Waals surface area contributed by atoms with Gasteiger partial charge in [0, 0.05) is 11.6 Å². The fraction of sp³-hybridized carbons (Fsp3) is 0.235. The highest BCUT2D eigenvalue weighted by molar-refractivity contribution is 5.78. The molecular weight excluding hydrogens is 304 g/mol. The Labute approximate surface area is 133 Å². The lowest BCUT2D eigenvalue weighted by Crippen LogP contribution is -2.31. The molecule has 0 aromatic heterocycles. The topological polar surface area (TPSA) is 47.6 Å². The Morgan fingerprint density at radius 3 is 2.61 bits per heavy atom. The fourth-order valence-electron chi connectivity index (χ4n) is 2.12. The quantitative estimate of drug-likeness (QED) is 0.888. The molecule has 1 N–H and O–H groups in total. The first-order valence-electron chi connectivity index (χ1n) is 7.01. The maximum atomic E-state index is 13.4. The lowest BCUT2D eigenvalue weighted by molar-refractivity contribution is -0.123. The van der Waals surface area contributed by atoms with Crippen LogP contribution >= 0.6 is 0 Å². The molecule has 2 aromatic carbocycles. The number of hydrogen-bond acceptors (Lipinski definition) is 3. The van der Waals surface area contributed by atoms with Gasteiger partial charge in [-0.2, -0.15) is 0 Å². The summed E-state index contributed by atoms with van der Waals surface area (Å²) >= 11 is 0. The molecule has 1 unspecified atom stereocenters. The predicted molar refractivity (Wildman–Crippen MR) is 81.4 cm³/mol. The molecule has 6 heteroatoms. The molecule has 1 amide bonds. The number of benzene rings is 2. The molecule has 0 aliphatic rings. The Balaban J connectivity index is 1.94. The van der Waals surface area contributed by atoms with Crippen molar-refractivity contribution in [1.82, 2.24) is 5.32 Å². The standard InChI is InChI=1S/C17H17F2NO3/c1-11(13-5-3-4-6-15(13)22-2)20-17(21)10-23-16-8-7-12(18)9-14(16)19/h3-9,11H,10H2,1-2H3,(H,20,21). The van der Waals surface area contributed by atoms with Crippen LogP contribution < -0.4 is 14.8 Å². The van der Waals surface area contributed by atoms with Crippen LogP contribution in [0, 0.1) is 11.6 Å². The van der Waals surface area contributed by atoms with Crippen molar-refractivity contribution in [3.63, 3.8) is 0 Å². The Morgan fingerprint density at radius 2 is 1.91 bits per heavy atom. The number of hydrogen-bond donors (Lipinski definition) is 1. The van der Waals surface area contributed by atoms with Crippen LogP contribution in [0.3, 0.4) is 0 Å². The molecule has 4 nitrogen and oxygen atoms in total. The van der Waals surface area contributed by atoms with Crippen molar-refractivity contribution in [2.75, 3.05) is 13.7 Å². The molecule has 1 atom stereocenters. The number of amides is 1. The Hall–Kier alpha value is -2.63. The predicted octanol–water partition coefficient (Wildman–Crippen LogP) is 3.23. The molecule has 0 saturated carbocycles. The largest absolute Gasteiger partial charge is 0.496 e. The second-order valence-corrected chi connectivity index (χ2v) is 4.89. The number of para-hydroxylation sites is 1. The van der Waals surface area contributed by atoms with Gasteiger partial charge in [0.25, 0.3) is 5.91 Å². The third kappa shape index (κ3) is 4.42. The van der Waals surface area contributed by atoms with Crippen LogP contribution in [0.4, 0.5) is 8.78 Å². The van der Waals surface area contributed by atoms with Gasteiger partial charge in [-0.05, 0) is 25.1 Å². The van der Waals surface area contributed by atoms with Gasteiger partial charge in [0.2, 0.25) is 0 Å². The summed E-state index contributed by atoms with van der Waals surface area (Å²) in [6.07, 6.45) is 0. The zero-order valence-corrected chi connectivity index (χ0v) is 12.8. The molecule has 122 valence electrons. The number of halogens is 2. The van der Waals surface area contributed by atoms with Crippen LogP contribution in [0.15, 0.2) is 42.5 Å². The summed E-state index contributed by atoms with van der Waals surface area (Å²) in [6.45, 7) is 1.43. The minimum atomic E-state index is -0.851. The van der Waals surface area contributed by atoms with Gasteiger partial charge in [-0.3, -0.25) is 4.79 Å². The van der Waals surface area contributed by atoms with E-state index in [9.17, 15) is 13.6 Å². The molecule has 0 bridgehead atoms. The van der Waals surface area contributed by atoms with Crippen molar-refractivity contribution in [3.8, 4) is 11.5 Å². The van der Waals surface area contributed by atoms with Crippen molar-refractivity contribution in [2.24, 2.45) is 0 Å². The van der Waals surface area contributed by atoms with Gasteiger partial charge in [0.1, 0.15) is 11.6 Å². The summed E-state index contributed by atoms with van der Waals surface area (Å²) in [5.41, 5.74) is 0.816. The zero-order chi connectivity index (χ0) is 16.8. The van der Waals surface area contributed by atoms with Crippen LogP contribution in [0.2, 0.25) is 0 Å². The van der Waals surface area contributed by atoms with Crippen molar-refractivity contribution in [3.05, 3.63) is 59.7 Å². The molecule has 0 saturated heterocycles. The van der Waals surface area contributed by atoms with E-state index in [2.05, 4.69) is 5.32 Å². The van der Waals surface area contributed by atoms with Gasteiger partial charge in [0.05, 0.1) is 13.2 Å². The Kier molecular flexibility index (Phi) is 5.51. The minimum absolute atomic E-state index is 0.175. The Morgan fingerprint density at radius 1 is 1.17 bits per heavy atom. The average Bonchev–Trinajstić information content (AvgIpc) is 2.54. The third-order valence-electron chi connectivity index (χ3n) is 3.24. The lowest BCUT2D eigenvalue weighted by atomic mass is 10.1. The maximum Gasteiger partial charge on any atom is 0.258 e. The van der Waals surface area contributed by atoms with Crippen LogP contribution in [-0.4, -0.2) is 19.6 Å². The first kappa shape index (κ1) is 16.7.